The van der Waals surface area contributed by atoms with E-state index in [1.807, 2.05) is 36.4 Å². The van der Waals surface area contributed by atoms with Crippen molar-refractivity contribution in [3.05, 3.63) is 59.0 Å². The minimum Gasteiger partial charge on any atom is -0.338 e. The first-order chi connectivity index (χ1) is 9.78. The zero-order chi connectivity index (χ0) is 13.9. The summed E-state index contributed by atoms with van der Waals surface area (Å²) in [5, 5.41) is 14.1. The second-order valence-electron chi connectivity index (χ2n) is 4.16. The predicted octanol–water partition coefficient (Wildman–Crippen LogP) is 4.01. The summed E-state index contributed by atoms with van der Waals surface area (Å²) in [6.45, 7) is 0. The van der Waals surface area contributed by atoms with Gasteiger partial charge in [-0.15, -0.1) is 0 Å². The van der Waals surface area contributed by atoms with Crippen molar-refractivity contribution in [1.29, 1.82) is 5.26 Å². The zero-order valence-electron chi connectivity index (χ0n) is 10.3. The number of nitriles is 1. The Morgan fingerprint density at radius 3 is 2.50 bits per heavy atom. The molecule has 5 heteroatoms. The number of nitrogens with one attached hydrogen (secondary N) is 1. The number of halogens is 1. The van der Waals surface area contributed by atoms with Crippen molar-refractivity contribution in [1.82, 2.24) is 9.97 Å². The fourth-order valence-electron chi connectivity index (χ4n) is 1.96. The maximum absolute atomic E-state index is 8.71. The first-order valence-corrected chi connectivity index (χ1v) is 6.73. The van der Waals surface area contributed by atoms with Crippen molar-refractivity contribution >= 4 is 38.2 Å². The second kappa shape index (κ2) is 5.27. The molecule has 3 rings (SSSR count). The second-order valence-corrected chi connectivity index (χ2v) is 5.02. The third-order valence-corrected chi connectivity index (χ3v) is 3.59. The molecule has 2 aromatic carbocycles. The summed E-state index contributed by atoms with van der Waals surface area (Å²) < 4.78 is 1.05. The van der Waals surface area contributed by atoms with Crippen molar-refractivity contribution < 1.29 is 0 Å². The fraction of sp³-hybridized carbons (Fsp3) is 0. The number of anilines is 2. The Hall–Kier alpha value is -2.45. The van der Waals surface area contributed by atoms with Gasteiger partial charge in [0.25, 0.3) is 0 Å². The fourth-order valence-corrected chi connectivity index (χ4v) is 2.44. The van der Waals surface area contributed by atoms with Crippen LogP contribution in [0.15, 0.2) is 53.3 Å². The van der Waals surface area contributed by atoms with Gasteiger partial charge >= 0.3 is 0 Å². The predicted molar refractivity (Wildman–Crippen MR) is 81.7 cm³/mol. The summed E-state index contributed by atoms with van der Waals surface area (Å²) in [4.78, 5) is 8.16. The smallest absolute Gasteiger partial charge is 0.158 e. The topological polar surface area (TPSA) is 61.6 Å². The molecule has 0 aliphatic heterocycles. The first-order valence-electron chi connectivity index (χ1n) is 5.94. The van der Waals surface area contributed by atoms with Crippen molar-refractivity contribution in [2.45, 2.75) is 0 Å². The molecule has 0 saturated heterocycles. The van der Waals surface area contributed by atoms with E-state index in [0.29, 0.717) is 11.5 Å². The van der Waals surface area contributed by atoms with Crippen molar-refractivity contribution in [3.63, 3.8) is 0 Å². The van der Waals surface area contributed by atoms with Gasteiger partial charge in [0.15, 0.2) is 5.69 Å². The Morgan fingerprint density at radius 2 is 1.80 bits per heavy atom. The highest BCUT2D eigenvalue weighted by atomic mass is 79.9. The van der Waals surface area contributed by atoms with E-state index in [-0.39, 0.29) is 0 Å². The van der Waals surface area contributed by atoms with E-state index in [4.69, 9.17) is 5.26 Å². The summed E-state index contributed by atoms with van der Waals surface area (Å²) in [5.41, 5.74) is 1.25. The molecule has 0 aliphatic carbocycles. The van der Waals surface area contributed by atoms with Gasteiger partial charge in [-0.3, -0.25) is 0 Å². The van der Waals surface area contributed by atoms with E-state index in [0.717, 1.165) is 20.9 Å². The first kappa shape index (κ1) is 12.6. The molecule has 1 heterocycles. The van der Waals surface area contributed by atoms with Gasteiger partial charge in [0.2, 0.25) is 0 Å². The van der Waals surface area contributed by atoms with Gasteiger partial charge in [0, 0.05) is 15.5 Å². The molecule has 0 amide bonds. The molecule has 3 aromatic rings. The third kappa shape index (κ3) is 2.33. The standard InChI is InChI=1S/C15H9BrN4/c16-13-5-6-14(12-4-2-1-3-11(12)13)20-15-9-18-10(7-17)8-19-15/h1-6,8-9H,(H,19,20). The number of fused-ring (bicyclic) bond motifs is 1. The van der Waals surface area contributed by atoms with Crippen molar-refractivity contribution in [2.24, 2.45) is 0 Å². The van der Waals surface area contributed by atoms with Crippen LogP contribution in [0.2, 0.25) is 0 Å². The highest BCUT2D eigenvalue weighted by Gasteiger charge is 2.05. The molecule has 0 radical (unpaired) electrons. The number of nitrogens with zero attached hydrogens (tertiary/aromatic N) is 3. The number of aromatic nitrogens is 2. The highest BCUT2D eigenvalue weighted by Crippen LogP contribution is 2.31. The highest BCUT2D eigenvalue weighted by molar-refractivity contribution is 9.10. The Bertz CT molecular complexity index is 806. The van der Waals surface area contributed by atoms with Gasteiger partial charge in [0.05, 0.1) is 12.4 Å². The minimum atomic E-state index is 0.302. The maximum atomic E-state index is 8.71. The summed E-state index contributed by atoms with van der Waals surface area (Å²) in [6.07, 6.45) is 3.00. The summed E-state index contributed by atoms with van der Waals surface area (Å²) >= 11 is 3.54. The minimum absolute atomic E-state index is 0.302. The van der Waals surface area contributed by atoms with Gasteiger partial charge in [-0.2, -0.15) is 5.26 Å². The van der Waals surface area contributed by atoms with E-state index >= 15 is 0 Å². The zero-order valence-corrected chi connectivity index (χ0v) is 11.9. The Kier molecular flexibility index (Phi) is 3.32. The van der Waals surface area contributed by atoms with Crippen LogP contribution in [-0.4, -0.2) is 9.97 Å². The van der Waals surface area contributed by atoms with Crippen LogP contribution in [0.25, 0.3) is 10.8 Å². The summed E-state index contributed by atoms with van der Waals surface area (Å²) in [5.74, 6) is 0.608. The lowest BCUT2D eigenvalue weighted by molar-refractivity contribution is 1.16. The summed E-state index contributed by atoms with van der Waals surface area (Å²) in [7, 11) is 0. The van der Waals surface area contributed by atoms with Crippen molar-refractivity contribution in [3.8, 4) is 6.07 Å². The number of hydrogen-bond donors (Lipinski definition) is 1. The van der Waals surface area contributed by atoms with Crippen LogP contribution in [0.5, 0.6) is 0 Å². The van der Waals surface area contributed by atoms with Crippen LogP contribution in [0.1, 0.15) is 5.69 Å². The molecule has 0 atom stereocenters. The Balaban J connectivity index is 2.02. The van der Waals surface area contributed by atoms with E-state index in [1.165, 1.54) is 6.20 Å². The van der Waals surface area contributed by atoms with Gasteiger partial charge in [-0.1, -0.05) is 40.2 Å². The number of rotatable bonds is 2. The molecule has 96 valence electrons. The lowest BCUT2D eigenvalue weighted by atomic mass is 10.1. The third-order valence-electron chi connectivity index (χ3n) is 2.90. The van der Waals surface area contributed by atoms with Crippen LogP contribution < -0.4 is 5.32 Å². The van der Waals surface area contributed by atoms with Crippen LogP contribution >= 0.6 is 15.9 Å². The normalized spacial score (nSPS) is 10.2. The van der Waals surface area contributed by atoms with E-state index in [9.17, 15) is 0 Å². The Labute approximate surface area is 124 Å². The van der Waals surface area contributed by atoms with Crippen LogP contribution in [0.3, 0.4) is 0 Å². The molecule has 0 saturated carbocycles. The lowest BCUT2D eigenvalue weighted by Gasteiger charge is -2.10. The quantitative estimate of drug-likeness (QED) is 0.773. The number of hydrogen-bond acceptors (Lipinski definition) is 4. The SMILES string of the molecule is N#Cc1cnc(Nc2ccc(Br)c3ccccc23)cn1. The van der Waals surface area contributed by atoms with Crippen LogP contribution in [0.4, 0.5) is 11.5 Å². The molecule has 1 N–H and O–H groups in total. The van der Waals surface area contributed by atoms with E-state index < -0.39 is 0 Å². The van der Waals surface area contributed by atoms with Crippen LogP contribution in [-0.2, 0) is 0 Å². The monoisotopic (exact) mass is 324 g/mol. The van der Waals surface area contributed by atoms with Crippen LogP contribution in [0, 0.1) is 11.3 Å². The van der Waals surface area contributed by atoms with Gasteiger partial charge in [-0.05, 0) is 17.5 Å². The maximum Gasteiger partial charge on any atom is 0.158 e. The van der Waals surface area contributed by atoms with E-state index in [1.54, 1.807) is 6.20 Å². The largest absolute Gasteiger partial charge is 0.338 e. The van der Waals surface area contributed by atoms with Gasteiger partial charge in [-0.25, -0.2) is 9.97 Å². The van der Waals surface area contributed by atoms with Gasteiger partial charge in [0.1, 0.15) is 11.9 Å². The molecular weight excluding hydrogens is 316 g/mol. The lowest BCUT2D eigenvalue weighted by Crippen LogP contribution is -1.96. The average molecular weight is 325 g/mol. The molecule has 0 bridgehead atoms. The molecule has 0 spiro atoms. The molecule has 20 heavy (non-hydrogen) atoms. The van der Waals surface area contributed by atoms with Crippen molar-refractivity contribution in [2.75, 3.05) is 5.32 Å². The van der Waals surface area contributed by atoms with E-state index in [2.05, 4.69) is 37.3 Å². The molecule has 0 unspecified atom stereocenters. The number of benzene rings is 2. The molecular formula is C15H9BrN4. The summed E-state index contributed by atoms with van der Waals surface area (Å²) in [6, 6.07) is 14.0. The molecule has 0 aliphatic rings. The molecule has 4 nitrogen and oxygen atoms in total. The Morgan fingerprint density at radius 1 is 1.00 bits per heavy atom. The molecule has 1 aromatic heterocycles. The van der Waals surface area contributed by atoms with Gasteiger partial charge < -0.3 is 5.32 Å². The average Bonchev–Trinajstić information content (AvgIpc) is 2.51. The molecule has 0 fully saturated rings.